The Kier molecular flexibility index (Phi) is 7.14. The molecule has 0 spiro atoms. The molecule has 1 aromatic carbocycles. The molecule has 8 nitrogen and oxygen atoms in total. The summed E-state index contributed by atoms with van der Waals surface area (Å²) in [5, 5.41) is 14.1. The van der Waals surface area contributed by atoms with Gasteiger partial charge in [-0.3, -0.25) is 14.4 Å². The van der Waals surface area contributed by atoms with Crippen LogP contribution >= 0.6 is 11.3 Å². The number of piperidine rings is 1. The van der Waals surface area contributed by atoms with Crippen molar-refractivity contribution in [1.82, 2.24) is 20.4 Å². The molecule has 2 fully saturated rings. The van der Waals surface area contributed by atoms with E-state index in [-0.39, 0.29) is 33.8 Å². The Hall–Kier alpha value is -2.81. The van der Waals surface area contributed by atoms with E-state index in [9.17, 15) is 14.4 Å². The summed E-state index contributed by atoms with van der Waals surface area (Å²) in [4.78, 5) is 39.8. The third kappa shape index (κ3) is 5.51. The monoisotopic (exact) mass is 455 g/mol. The van der Waals surface area contributed by atoms with E-state index in [0.29, 0.717) is 18.8 Å². The van der Waals surface area contributed by atoms with Crippen LogP contribution in [0.3, 0.4) is 0 Å². The number of hydrogen-bond acceptors (Lipinski definition) is 6. The normalized spacial score (nSPS) is 19.4. The van der Waals surface area contributed by atoms with Crippen molar-refractivity contribution >= 4 is 34.7 Å². The Labute approximate surface area is 191 Å². The molecule has 3 amide bonds. The molecule has 1 aliphatic carbocycles. The highest BCUT2D eigenvalue weighted by Gasteiger charge is 2.32. The first kappa shape index (κ1) is 22.4. The lowest BCUT2D eigenvalue weighted by Gasteiger charge is -2.33. The van der Waals surface area contributed by atoms with Gasteiger partial charge in [0.1, 0.15) is 0 Å². The van der Waals surface area contributed by atoms with Crippen LogP contribution in [0, 0.1) is 12.8 Å². The Morgan fingerprint density at radius 2 is 1.69 bits per heavy atom. The third-order valence-electron chi connectivity index (χ3n) is 6.14. The Bertz CT molecular complexity index is 968. The van der Waals surface area contributed by atoms with Crippen molar-refractivity contribution in [1.29, 1.82) is 0 Å². The summed E-state index contributed by atoms with van der Waals surface area (Å²) in [7, 11) is 0. The standard InChI is InChI=1S/C23H29N5O3S/c1-15-9-11-18(12-10-15)25-20(30)21-26-27-22(32-21)23(31)28-13-5-6-16(14-28)19(29)24-17-7-3-2-4-8-17/h9-12,16-17H,2-8,13-14H2,1H3,(H,24,29)(H,25,30)/t16-/m1/s1. The number of nitrogens with zero attached hydrogens (tertiary/aromatic N) is 3. The predicted molar refractivity (Wildman–Crippen MR) is 123 cm³/mol. The van der Waals surface area contributed by atoms with Crippen molar-refractivity contribution in [2.75, 3.05) is 18.4 Å². The van der Waals surface area contributed by atoms with E-state index < -0.39 is 5.91 Å². The lowest BCUT2D eigenvalue weighted by atomic mass is 9.93. The fourth-order valence-electron chi connectivity index (χ4n) is 4.30. The summed E-state index contributed by atoms with van der Waals surface area (Å²) < 4.78 is 0. The van der Waals surface area contributed by atoms with E-state index in [1.807, 2.05) is 31.2 Å². The lowest BCUT2D eigenvalue weighted by molar-refractivity contribution is -0.127. The molecule has 0 unspecified atom stereocenters. The second-order valence-corrected chi connectivity index (χ2v) is 9.64. The molecule has 9 heteroatoms. The van der Waals surface area contributed by atoms with Crippen LogP contribution in [0.25, 0.3) is 0 Å². The lowest BCUT2D eigenvalue weighted by Crippen LogP contribution is -2.47. The quantitative estimate of drug-likeness (QED) is 0.719. The second kappa shape index (κ2) is 10.2. The fraction of sp³-hybridized carbons (Fsp3) is 0.522. The van der Waals surface area contributed by atoms with Gasteiger partial charge in [-0.15, -0.1) is 10.2 Å². The maximum absolute atomic E-state index is 13.0. The molecule has 1 aromatic heterocycles. The van der Waals surface area contributed by atoms with Crippen molar-refractivity contribution in [3.63, 3.8) is 0 Å². The predicted octanol–water partition coefficient (Wildman–Crippen LogP) is 3.40. The Morgan fingerprint density at radius 3 is 2.44 bits per heavy atom. The minimum atomic E-state index is -0.395. The van der Waals surface area contributed by atoms with Crippen LogP contribution in [0.4, 0.5) is 5.69 Å². The number of carbonyl (C=O) groups excluding carboxylic acids is 3. The highest BCUT2D eigenvalue weighted by Crippen LogP contribution is 2.23. The number of carbonyl (C=O) groups is 3. The highest BCUT2D eigenvalue weighted by atomic mass is 32.1. The maximum atomic E-state index is 13.0. The van der Waals surface area contributed by atoms with Gasteiger partial charge in [-0.25, -0.2) is 0 Å². The zero-order valence-electron chi connectivity index (χ0n) is 18.3. The summed E-state index contributed by atoms with van der Waals surface area (Å²) in [6, 6.07) is 7.70. The van der Waals surface area contributed by atoms with Gasteiger partial charge in [-0.1, -0.05) is 48.3 Å². The summed E-state index contributed by atoms with van der Waals surface area (Å²) in [5.41, 5.74) is 1.76. The molecule has 2 aliphatic rings. The minimum Gasteiger partial charge on any atom is -0.353 e. The number of likely N-dealkylation sites (tertiary alicyclic amines) is 1. The molecule has 1 aliphatic heterocycles. The topological polar surface area (TPSA) is 104 Å². The first-order valence-corrected chi connectivity index (χ1v) is 12.1. The van der Waals surface area contributed by atoms with Crippen molar-refractivity contribution in [2.45, 2.75) is 57.9 Å². The van der Waals surface area contributed by atoms with Crippen LogP contribution in [0.2, 0.25) is 0 Å². The molecule has 0 bridgehead atoms. The van der Waals surface area contributed by atoms with Crippen LogP contribution in [0.5, 0.6) is 0 Å². The molecule has 2 N–H and O–H groups in total. The van der Waals surface area contributed by atoms with Gasteiger partial charge in [0, 0.05) is 24.8 Å². The zero-order chi connectivity index (χ0) is 22.5. The van der Waals surface area contributed by atoms with E-state index >= 15 is 0 Å². The zero-order valence-corrected chi connectivity index (χ0v) is 19.1. The average Bonchev–Trinajstić information content (AvgIpc) is 3.31. The molecule has 2 aromatic rings. The first-order chi connectivity index (χ1) is 15.5. The summed E-state index contributed by atoms with van der Waals surface area (Å²) >= 11 is 0.977. The Balaban J connectivity index is 1.34. The molecule has 2 heterocycles. The van der Waals surface area contributed by atoms with Gasteiger partial charge in [0.25, 0.3) is 11.8 Å². The number of hydrogen-bond donors (Lipinski definition) is 2. The van der Waals surface area contributed by atoms with Crippen molar-refractivity contribution in [3.8, 4) is 0 Å². The smallest absolute Gasteiger partial charge is 0.286 e. The minimum absolute atomic E-state index is 0.0461. The van der Waals surface area contributed by atoms with E-state index in [1.54, 1.807) is 4.90 Å². The molecule has 170 valence electrons. The first-order valence-electron chi connectivity index (χ1n) is 11.3. The van der Waals surface area contributed by atoms with Crippen LogP contribution in [-0.4, -0.2) is 52.0 Å². The van der Waals surface area contributed by atoms with E-state index in [0.717, 1.165) is 55.4 Å². The third-order valence-corrected chi connectivity index (χ3v) is 7.05. The molecule has 1 saturated carbocycles. The summed E-state index contributed by atoms with van der Waals surface area (Å²) in [6.45, 7) is 2.93. The molecule has 1 saturated heterocycles. The van der Waals surface area contributed by atoms with Gasteiger partial charge in [-0.2, -0.15) is 0 Å². The highest BCUT2D eigenvalue weighted by molar-refractivity contribution is 7.15. The van der Waals surface area contributed by atoms with Crippen LogP contribution < -0.4 is 10.6 Å². The van der Waals surface area contributed by atoms with Crippen molar-refractivity contribution in [3.05, 3.63) is 39.8 Å². The van der Waals surface area contributed by atoms with Crippen LogP contribution in [0.1, 0.15) is 70.1 Å². The second-order valence-electron chi connectivity index (χ2n) is 8.67. The number of nitrogens with one attached hydrogen (secondary N) is 2. The van der Waals surface area contributed by atoms with Crippen LogP contribution in [-0.2, 0) is 4.79 Å². The number of aromatic nitrogens is 2. The maximum Gasteiger partial charge on any atom is 0.286 e. The number of aryl methyl sites for hydroxylation is 1. The van der Waals surface area contributed by atoms with Gasteiger partial charge in [0.05, 0.1) is 5.92 Å². The van der Waals surface area contributed by atoms with E-state index in [4.69, 9.17) is 0 Å². The average molecular weight is 456 g/mol. The SMILES string of the molecule is Cc1ccc(NC(=O)c2nnc(C(=O)N3CCC[C@@H](C(=O)NC4CCCCC4)C3)s2)cc1. The van der Waals surface area contributed by atoms with Gasteiger partial charge in [0.2, 0.25) is 15.9 Å². The number of amides is 3. The molecule has 32 heavy (non-hydrogen) atoms. The van der Waals surface area contributed by atoms with Crippen LogP contribution in [0.15, 0.2) is 24.3 Å². The van der Waals surface area contributed by atoms with Gasteiger partial charge >= 0.3 is 0 Å². The van der Waals surface area contributed by atoms with E-state index in [1.165, 1.54) is 6.42 Å². The van der Waals surface area contributed by atoms with Gasteiger partial charge < -0.3 is 15.5 Å². The van der Waals surface area contributed by atoms with Gasteiger partial charge in [0.15, 0.2) is 0 Å². The molecule has 1 atom stereocenters. The largest absolute Gasteiger partial charge is 0.353 e. The molecular weight excluding hydrogens is 426 g/mol. The number of benzene rings is 1. The fourth-order valence-corrected chi connectivity index (χ4v) is 5.01. The number of rotatable bonds is 5. The van der Waals surface area contributed by atoms with Crippen molar-refractivity contribution < 1.29 is 14.4 Å². The Morgan fingerprint density at radius 1 is 0.969 bits per heavy atom. The summed E-state index contributed by atoms with van der Waals surface area (Å²) in [6.07, 6.45) is 7.20. The number of anilines is 1. The summed E-state index contributed by atoms with van der Waals surface area (Å²) in [5.74, 6) is -0.822. The molecule has 4 rings (SSSR count). The molecular formula is C23H29N5O3S. The molecule has 0 radical (unpaired) electrons. The van der Waals surface area contributed by atoms with Gasteiger partial charge in [-0.05, 0) is 44.7 Å². The van der Waals surface area contributed by atoms with Crippen molar-refractivity contribution in [2.24, 2.45) is 5.92 Å². The van der Waals surface area contributed by atoms with E-state index in [2.05, 4.69) is 20.8 Å².